The maximum atomic E-state index is 12.2. The third-order valence-corrected chi connectivity index (χ3v) is 4.79. The van der Waals surface area contributed by atoms with Crippen LogP contribution in [0.1, 0.15) is 25.1 Å². The van der Waals surface area contributed by atoms with Crippen LogP contribution in [-0.2, 0) is 4.79 Å². The second kappa shape index (κ2) is 7.55. The number of hydrogen-bond acceptors (Lipinski definition) is 4. The third-order valence-electron chi connectivity index (χ3n) is 4.55. The number of amides is 1. The van der Waals surface area contributed by atoms with Crippen LogP contribution in [0, 0.1) is 0 Å². The zero-order valence-corrected chi connectivity index (χ0v) is 15.0. The first kappa shape index (κ1) is 17.3. The molecule has 0 aliphatic carbocycles. The summed E-state index contributed by atoms with van der Waals surface area (Å²) in [5.74, 6) is 0.806. The predicted octanol–water partition coefficient (Wildman–Crippen LogP) is 2.90. The molecule has 0 spiro atoms. The molecule has 0 radical (unpaired) electrons. The molecular weight excluding hydrogens is 326 g/mol. The Kier molecular flexibility index (Phi) is 5.43. The summed E-state index contributed by atoms with van der Waals surface area (Å²) in [7, 11) is 2.13. The van der Waals surface area contributed by atoms with Gasteiger partial charge in [-0.05, 0) is 38.2 Å². The molecule has 1 aromatic carbocycles. The van der Waals surface area contributed by atoms with Gasteiger partial charge in [-0.25, -0.2) is 0 Å². The van der Waals surface area contributed by atoms with Crippen LogP contribution in [0.4, 0.5) is 0 Å². The summed E-state index contributed by atoms with van der Waals surface area (Å²) < 4.78 is 5.80. The van der Waals surface area contributed by atoms with Gasteiger partial charge in [-0.15, -0.1) is 0 Å². The highest BCUT2D eigenvalue weighted by Gasteiger charge is 2.17. The van der Waals surface area contributed by atoms with E-state index in [4.69, 9.17) is 16.0 Å². The fourth-order valence-corrected chi connectivity index (χ4v) is 3.14. The molecule has 2 aromatic rings. The Bertz CT molecular complexity index is 707. The predicted molar refractivity (Wildman–Crippen MR) is 96.3 cm³/mol. The fourth-order valence-electron chi connectivity index (χ4n) is 2.96. The summed E-state index contributed by atoms with van der Waals surface area (Å²) in [6.07, 6.45) is 0.514. The van der Waals surface area contributed by atoms with Crippen molar-refractivity contribution in [2.24, 2.45) is 0 Å². The number of hydrogen-bond donors (Lipinski definition) is 1. The molecule has 1 amide bonds. The van der Waals surface area contributed by atoms with Crippen molar-refractivity contribution in [2.75, 3.05) is 39.8 Å². The average molecular weight is 350 g/mol. The second-order valence-corrected chi connectivity index (χ2v) is 6.95. The topological polar surface area (TPSA) is 48.7 Å². The zero-order valence-electron chi connectivity index (χ0n) is 14.2. The highest BCUT2D eigenvalue weighted by Crippen LogP contribution is 2.26. The van der Waals surface area contributed by atoms with E-state index in [2.05, 4.69) is 22.2 Å². The highest BCUT2D eigenvalue weighted by molar-refractivity contribution is 6.31. The lowest BCUT2D eigenvalue weighted by Crippen LogP contribution is -2.45. The van der Waals surface area contributed by atoms with Crippen molar-refractivity contribution in [3.63, 3.8) is 0 Å². The maximum Gasteiger partial charge on any atom is 0.221 e. The van der Waals surface area contributed by atoms with Crippen LogP contribution in [-0.4, -0.2) is 55.5 Å². The summed E-state index contributed by atoms with van der Waals surface area (Å²) in [6, 6.07) is 7.30. The first-order valence-corrected chi connectivity index (χ1v) is 8.78. The quantitative estimate of drug-likeness (QED) is 0.901. The van der Waals surface area contributed by atoms with Crippen LogP contribution in [0.5, 0.6) is 0 Å². The van der Waals surface area contributed by atoms with E-state index in [1.807, 2.05) is 25.1 Å². The summed E-state index contributed by atoms with van der Waals surface area (Å²) in [4.78, 5) is 16.8. The van der Waals surface area contributed by atoms with Crippen LogP contribution in [0.25, 0.3) is 11.0 Å². The van der Waals surface area contributed by atoms with Gasteiger partial charge >= 0.3 is 0 Å². The summed E-state index contributed by atoms with van der Waals surface area (Å²) >= 11 is 6.00. The summed E-state index contributed by atoms with van der Waals surface area (Å²) in [5, 5.41) is 4.65. The van der Waals surface area contributed by atoms with Crippen LogP contribution in [0.3, 0.4) is 0 Å². The number of benzene rings is 1. The monoisotopic (exact) mass is 349 g/mol. The van der Waals surface area contributed by atoms with Gasteiger partial charge in [0.2, 0.25) is 5.91 Å². The molecule has 0 saturated carbocycles. The minimum atomic E-state index is -0.156. The van der Waals surface area contributed by atoms with E-state index in [9.17, 15) is 4.79 Å². The molecule has 6 heteroatoms. The van der Waals surface area contributed by atoms with Crippen molar-refractivity contribution in [2.45, 2.75) is 19.4 Å². The number of piperazine rings is 1. The van der Waals surface area contributed by atoms with E-state index in [-0.39, 0.29) is 11.9 Å². The van der Waals surface area contributed by atoms with E-state index in [0.29, 0.717) is 11.4 Å². The number of nitrogens with zero attached hydrogens (tertiary/aromatic N) is 2. The largest absolute Gasteiger partial charge is 0.459 e. The number of furan rings is 1. The van der Waals surface area contributed by atoms with E-state index < -0.39 is 0 Å². The van der Waals surface area contributed by atoms with Gasteiger partial charge in [0.1, 0.15) is 11.3 Å². The minimum absolute atomic E-state index is 0.0555. The van der Waals surface area contributed by atoms with Gasteiger partial charge in [-0.1, -0.05) is 11.6 Å². The molecule has 130 valence electrons. The van der Waals surface area contributed by atoms with E-state index in [1.54, 1.807) is 6.07 Å². The van der Waals surface area contributed by atoms with Gasteiger partial charge < -0.3 is 19.5 Å². The number of nitrogens with one attached hydrogen (secondary N) is 1. The molecule has 1 saturated heterocycles. The smallest absolute Gasteiger partial charge is 0.221 e. The molecule has 2 heterocycles. The molecule has 1 fully saturated rings. The Labute approximate surface area is 147 Å². The number of carbonyl (C=O) groups excluding carboxylic acids is 1. The maximum absolute atomic E-state index is 12.2. The highest BCUT2D eigenvalue weighted by atomic mass is 35.5. The molecule has 1 N–H and O–H groups in total. The molecule has 0 bridgehead atoms. The van der Waals surface area contributed by atoms with E-state index in [1.165, 1.54) is 0 Å². The lowest BCUT2D eigenvalue weighted by Gasteiger charge is -2.32. The van der Waals surface area contributed by atoms with Crippen molar-refractivity contribution in [3.05, 3.63) is 35.0 Å². The van der Waals surface area contributed by atoms with Crippen molar-refractivity contribution in [3.8, 4) is 0 Å². The van der Waals surface area contributed by atoms with Gasteiger partial charge in [-0.3, -0.25) is 4.79 Å². The number of fused-ring (bicyclic) bond motifs is 1. The SMILES string of the molecule is C[C@H](NC(=O)CCN1CCN(C)CC1)c1cc2cc(Cl)ccc2o1. The van der Waals surface area contributed by atoms with E-state index >= 15 is 0 Å². The molecule has 1 aromatic heterocycles. The van der Waals surface area contributed by atoms with Crippen molar-refractivity contribution < 1.29 is 9.21 Å². The number of rotatable bonds is 5. The zero-order chi connectivity index (χ0) is 17.1. The Balaban J connectivity index is 1.51. The van der Waals surface area contributed by atoms with Crippen molar-refractivity contribution >= 4 is 28.5 Å². The molecule has 3 rings (SSSR count). The van der Waals surface area contributed by atoms with Gasteiger partial charge in [0, 0.05) is 49.6 Å². The first-order valence-electron chi connectivity index (χ1n) is 8.40. The molecule has 5 nitrogen and oxygen atoms in total. The van der Waals surface area contributed by atoms with Gasteiger partial charge in [0.25, 0.3) is 0 Å². The second-order valence-electron chi connectivity index (χ2n) is 6.52. The molecule has 0 unspecified atom stereocenters. The standard InChI is InChI=1S/C18H24ClN3O2/c1-13(17-12-14-11-15(19)3-4-16(14)24-17)20-18(23)5-6-22-9-7-21(2)8-10-22/h3-4,11-13H,5-10H2,1-2H3,(H,20,23)/t13-/m0/s1. The first-order chi connectivity index (χ1) is 11.5. The van der Waals surface area contributed by atoms with Gasteiger partial charge in [0.15, 0.2) is 0 Å². The Morgan fingerprint density at radius 3 is 2.79 bits per heavy atom. The van der Waals surface area contributed by atoms with Gasteiger partial charge in [-0.2, -0.15) is 0 Å². The molecular formula is C18H24ClN3O2. The van der Waals surface area contributed by atoms with Crippen molar-refractivity contribution in [1.29, 1.82) is 0 Å². The summed E-state index contributed by atoms with van der Waals surface area (Å²) in [5.41, 5.74) is 0.785. The third kappa shape index (κ3) is 4.29. The Hall–Kier alpha value is -1.56. The number of halogens is 1. The molecule has 1 aliphatic rings. The Morgan fingerprint density at radius 2 is 2.04 bits per heavy atom. The summed E-state index contributed by atoms with van der Waals surface area (Å²) in [6.45, 7) is 6.95. The Morgan fingerprint density at radius 1 is 1.29 bits per heavy atom. The fraction of sp³-hybridized carbons (Fsp3) is 0.500. The van der Waals surface area contributed by atoms with Crippen LogP contribution < -0.4 is 5.32 Å². The lowest BCUT2D eigenvalue weighted by molar-refractivity contribution is -0.122. The lowest BCUT2D eigenvalue weighted by atomic mass is 10.2. The molecule has 1 atom stereocenters. The minimum Gasteiger partial charge on any atom is -0.459 e. The van der Waals surface area contributed by atoms with Crippen molar-refractivity contribution in [1.82, 2.24) is 15.1 Å². The normalized spacial score (nSPS) is 18.0. The van der Waals surface area contributed by atoms with E-state index in [0.717, 1.165) is 49.5 Å². The number of likely N-dealkylation sites (N-methyl/N-ethyl adjacent to an activating group) is 1. The van der Waals surface area contributed by atoms with Crippen LogP contribution >= 0.6 is 11.6 Å². The van der Waals surface area contributed by atoms with Crippen LogP contribution in [0.2, 0.25) is 5.02 Å². The molecule has 1 aliphatic heterocycles. The average Bonchev–Trinajstić information content (AvgIpc) is 2.97. The number of carbonyl (C=O) groups is 1. The van der Waals surface area contributed by atoms with Gasteiger partial charge in [0.05, 0.1) is 6.04 Å². The van der Waals surface area contributed by atoms with Crippen LogP contribution in [0.15, 0.2) is 28.7 Å². The molecule has 24 heavy (non-hydrogen) atoms.